The summed E-state index contributed by atoms with van der Waals surface area (Å²) in [6, 6.07) is 14.4. The number of benzene rings is 2. The van der Waals surface area contributed by atoms with Gasteiger partial charge < -0.3 is 10.3 Å². The first-order valence-corrected chi connectivity index (χ1v) is 6.26. The summed E-state index contributed by atoms with van der Waals surface area (Å²) in [5.74, 6) is -0.495. The van der Waals surface area contributed by atoms with E-state index in [1.165, 1.54) is 12.1 Å². The SMILES string of the molecule is N#Cc1cc(NCc2cccc3[nH]ccc23)ccc1F. The van der Waals surface area contributed by atoms with Crippen molar-refractivity contribution in [2.45, 2.75) is 6.54 Å². The van der Waals surface area contributed by atoms with Crippen LogP contribution in [0.5, 0.6) is 0 Å². The normalized spacial score (nSPS) is 10.4. The number of nitrogens with zero attached hydrogens (tertiary/aromatic N) is 1. The highest BCUT2D eigenvalue weighted by Crippen LogP contribution is 2.20. The highest BCUT2D eigenvalue weighted by Gasteiger charge is 2.04. The van der Waals surface area contributed by atoms with Gasteiger partial charge in [-0.1, -0.05) is 12.1 Å². The number of halogens is 1. The van der Waals surface area contributed by atoms with Crippen LogP contribution in [-0.4, -0.2) is 4.98 Å². The van der Waals surface area contributed by atoms with Crippen molar-refractivity contribution in [1.82, 2.24) is 4.98 Å². The lowest BCUT2D eigenvalue weighted by molar-refractivity contribution is 0.624. The minimum Gasteiger partial charge on any atom is -0.381 e. The minimum absolute atomic E-state index is 0.0508. The zero-order valence-corrected chi connectivity index (χ0v) is 10.7. The Bertz CT molecular complexity index is 799. The third-order valence-corrected chi connectivity index (χ3v) is 3.26. The average molecular weight is 265 g/mol. The molecule has 2 aromatic carbocycles. The zero-order valence-electron chi connectivity index (χ0n) is 10.7. The van der Waals surface area contributed by atoms with E-state index in [1.54, 1.807) is 6.07 Å². The molecule has 0 atom stereocenters. The molecule has 0 aliphatic rings. The van der Waals surface area contributed by atoms with Gasteiger partial charge in [-0.25, -0.2) is 4.39 Å². The Hall–Kier alpha value is -2.80. The van der Waals surface area contributed by atoms with E-state index < -0.39 is 5.82 Å². The molecule has 4 heteroatoms. The molecule has 0 saturated heterocycles. The first kappa shape index (κ1) is 12.2. The van der Waals surface area contributed by atoms with Crippen molar-refractivity contribution in [2.24, 2.45) is 0 Å². The molecule has 98 valence electrons. The number of hydrogen-bond donors (Lipinski definition) is 2. The molecular weight excluding hydrogens is 253 g/mol. The van der Waals surface area contributed by atoms with E-state index in [2.05, 4.69) is 10.3 Å². The predicted octanol–water partition coefficient (Wildman–Crippen LogP) is 3.79. The van der Waals surface area contributed by atoms with Crippen molar-refractivity contribution < 1.29 is 4.39 Å². The molecule has 0 bridgehead atoms. The molecule has 0 unspecified atom stereocenters. The van der Waals surface area contributed by atoms with Crippen LogP contribution in [0.4, 0.5) is 10.1 Å². The molecule has 2 N–H and O–H groups in total. The van der Waals surface area contributed by atoms with Crippen LogP contribution in [0.3, 0.4) is 0 Å². The first-order chi connectivity index (χ1) is 9.78. The summed E-state index contributed by atoms with van der Waals surface area (Å²) in [6.07, 6.45) is 1.90. The van der Waals surface area contributed by atoms with Gasteiger partial charge in [0.15, 0.2) is 0 Å². The summed E-state index contributed by atoms with van der Waals surface area (Å²) >= 11 is 0. The van der Waals surface area contributed by atoms with Crippen LogP contribution in [0.1, 0.15) is 11.1 Å². The molecule has 0 aliphatic heterocycles. The van der Waals surface area contributed by atoms with Gasteiger partial charge in [0.2, 0.25) is 0 Å². The van der Waals surface area contributed by atoms with Crippen LogP contribution in [0.2, 0.25) is 0 Å². The van der Waals surface area contributed by atoms with Gasteiger partial charge in [0.05, 0.1) is 5.56 Å². The van der Waals surface area contributed by atoms with Crippen LogP contribution in [0.15, 0.2) is 48.7 Å². The van der Waals surface area contributed by atoms with Gasteiger partial charge in [-0.15, -0.1) is 0 Å². The van der Waals surface area contributed by atoms with Crippen molar-refractivity contribution in [1.29, 1.82) is 5.26 Å². The molecule has 0 amide bonds. The van der Waals surface area contributed by atoms with Crippen LogP contribution in [-0.2, 0) is 6.54 Å². The second kappa shape index (κ2) is 5.06. The van der Waals surface area contributed by atoms with Crippen LogP contribution < -0.4 is 5.32 Å². The maximum atomic E-state index is 13.2. The number of nitrogens with one attached hydrogen (secondary N) is 2. The maximum Gasteiger partial charge on any atom is 0.141 e. The minimum atomic E-state index is -0.495. The molecule has 3 nitrogen and oxygen atoms in total. The molecule has 0 radical (unpaired) electrons. The van der Waals surface area contributed by atoms with E-state index in [9.17, 15) is 4.39 Å². The number of aromatic nitrogens is 1. The van der Waals surface area contributed by atoms with Gasteiger partial charge >= 0.3 is 0 Å². The summed E-state index contributed by atoms with van der Waals surface area (Å²) in [5.41, 5.74) is 3.01. The quantitative estimate of drug-likeness (QED) is 0.757. The van der Waals surface area contributed by atoms with Gasteiger partial charge in [0.25, 0.3) is 0 Å². The van der Waals surface area contributed by atoms with E-state index >= 15 is 0 Å². The highest BCUT2D eigenvalue weighted by molar-refractivity contribution is 5.83. The standard InChI is InChI=1S/C16H12FN3/c17-15-5-4-13(8-12(15)9-18)20-10-11-2-1-3-16-14(11)6-7-19-16/h1-8,19-20H,10H2. The summed E-state index contributed by atoms with van der Waals surface area (Å²) in [6.45, 7) is 0.617. The van der Waals surface area contributed by atoms with E-state index in [0.29, 0.717) is 6.54 Å². The van der Waals surface area contributed by atoms with E-state index in [-0.39, 0.29) is 5.56 Å². The molecule has 0 spiro atoms. The Kier molecular flexibility index (Phi) is 3.10. The third-order valence-electron chi connectivity index (χ3n) is 3.26. The topological polar surface area (TPSA) is 51.6 Å². The number of fused-ring (bicyclic) bond motifs is 1. The summed E-state index contributed by atoms with van der Waals surface area (Å²) in [7, 11) is 0. The second-order valence-corrected chi connectivity index (χ2v) is 4.52. The van der Waals surface area contributed by atoms with Crippen molar-refractivity contribution in [3.05, 3.63) is 65.6 Å². The molecule has 3 aromatic rings. The smallest absolute Gasteiger partial charge is 0.141 e. The van der Waals surface area contributed by atoms with Crippen molar-refractivity contribution in [3.63, 3.8) is 0 Å². The Morgan fingerprint density at radius 3 is 2.95 bits per heavy atom. The first-order valence-electron chi connectivity index (χ1n) is 6.26. The maximum absolute atomic E-state index is 13.2. The number of H-pyrrole nitrogens is 1. The average Bonchev–Trinajstić information content (AvgIpc) is 2.95. The Labute approximate surface area is 115 Å². The predicted molar refractivity (Wildman–Crippen MR) is 76.7 cm³/mol. The fourth-order valence-electron chi connectivity index (χ4n) is 2.22. The largest absolute Gasteiger partial charge is 0.381 e. The Balaban J connectivity index is 1.83. The molecule has 3 rings (SSSR count). The Morgan fingerprint density at radius 1 is 1.20 bits per heavy atom. The van der Waals surface area contributed by atoms with Crippen molar-refractivity contribution in [3.8, 4) is 6.07 Å². The molecule has 0 fully saturated rings. The molecule has 20 heavy (non-hydrogen) atoms. The zero-order chi connectivity index (χ0) is 13.9. The van der Waals surface area contributed by atoms with Crippen molar-refractivity contribution >= 4 is 16.6 Å². The van der Waals surface area contributed by atoms with Gasteiger partial charge in [-0.3, -0.25) is 0 Å². The number of aromatic amines is 1. The highest BCUT2D eigenvalue weighted by atomic mass is 19.1. The molecular formula is C16H12FN3. The lowest BCUT2D eigenvalue weighted by Gasteiger charge is -2.08. The molecule has 1 heterocycles. The Morgan fingerprint density at radius 2 is 2.10 bits per heavy atom. The van der Waals surface area contributed by atoms with Gasteiger partial charge in [0.1, 0.15) is 11.9 Å². The number of hydrogen-bond acceptors (Lipinski definition) is 2. The summed E-state index contributed by atoms with van der Waals surface area (Å²) in [5, 5.41) is 13.2. The van der Waals surface area contributed by atoms with Crippen LogP contribution >= 0.6 is 0 Å². The van der Waals surface area contributed by atoms with Crippen LogP contribution in [0.25, 0.3) is 10.9 Å². The molecule has 1 aromatic heterocycles. The van der Waals surface area contributed by atoms with E-state index in [1.807, 2.05) is 36.5 Å². The third kappa shape index (κ3) is 2.21. The van der Waals surface area contributed by atoms with E-state index in [4.69, 9.17) is 5.26 Å². The summed E-state index contributed by atoms with van der Waals surface area (Å²) in [4.78, 5) is 3.16. The fourth-order valence-corrected chi connectivity index (χ4v) is 2.22. The van der Waals surface area contributed by atoms with Crippen molar-refractivity contribution in [2.75, 3.05) is 5.32 Å². The van der Waals surface area contributed by atoms with Gasteiger partial charge in [0, 0.05) is 29.3 Å². The fraction of sp³-hybridized carbons (Fsp3) is 0.0625. The van der Waals surface area contributed by atoms with E-state index in [0.717, 1.165) is 22.2 Å². The number of anilines is 1. The number of rotatable bonds is 3. The number of nitriles is 1. The van der Waals surface area contributed by atoms with Gasteiger partial charge in [-0.2, -0.15) is 5.26 Å². The lowest BCUT2D eigenvalue weighted by atomic mass is 10.1. The van der Waals surface area contributed by atoms with Crippen LogP contribution in [0, 0.1) is 17.1 Å². The lowest BCUT2D eigenvalue weighted by Crippen LogP contribution is -2.00. The molecule has 0 saturated carbocycles. The monoisotopic (exact) mass is 265 g/mol. The van der Waals surface area contributed by atoms with Gasteiger partial charge in [-0.05, 0) is 35.9 Å². The molecule has 0 aliphatic carbocycles. The summed E-state index contributed by atoms with van der Waals surface area (Å²) < 4.78 is 13.2. The second-order valence-electron chi connectivity index (χ2n) is 4.52.